The van der Waals surface area contributed by atoms with Crippen LogP contribution in [-0.2, 0) is 28.9 Å². The van der Waals surface area contributed by atoms with Gasteiger partial charge in [-0.15, -0.1) is 11.3 Å². The van der Waals surface area contributed by atoms with Crippen molar-refractivity contribution in [3.8, 4) is 0 Å². The maximum absolute atomic E-state index is 13.3. The van der Waals surface area contributed by atoms with Crippen LogP contribution in [0.5, 0.6) is 0 Å². The molecule has 1 aliphatic rings. The maximum atomic E-state index is 13.3. The van der Waals surface area contributed by atoms with Gasteiger partial charge in [-0.05, 0) is 69.2 Å². The lowest BCUT2D eigenvalue weighted by Crippen LogP contribution is -2.35. The molecular weight excluding hydrogens is 448 g/mol. The Kier molecular flexibility index (Phi) is 7.24. The van der Waals surface area contributed by atoms with Gasteiger partial charge >= 0.3 is 5.97 Å². The smallest absolute Gasteiger partial charge is 0.304 e. The summed E-state index contributed by atoms with van der Waals surface area (Å²) in [7, 11) is 3.99. The number of hydrogen-bond acceptors (Lipinski definition) is 6. The Balaban J connectivity index is 1.43. The van der Waals surface area contributed by atoms with E-state index in [1.807, 2.05) is 56.6 Å². The van der Waals surface area contributed by atoms with E-state index in [1.54, 1.807) is 0 Å². The number of carbonyl (C=O) groups is 3. The third-order valence-electron chi connectivity index (χ3n) is 6.59. The molecule has 7 heteroatoms. The number of carboxylic acids is 1. The van der Waals surface area contributed by atoms with Gasteiger partial charge in [-0.3, -0.25) is 14.4 Å². The van der Waals surface area contributed by atoms with Gasteiger partial charge in [-0.2, -0.15) is 0 Å². The summed E-state index contributed by atoms with van der Waals surface area (Å²) in [4.78, 5) is 44.2. The van der Waals surface area contributed by atoms with Gasteiger partial charge in [0.2, 0.25) is 0 Å². The van der Waals surface area contributed by atoms with Gasteiger partial charge in [0.25, 0.3) is 0 Å². The van der Waals surface area contributed by atoms with Crippen LogP contribution in [0.4, 0.5) is 0 Å². The predicted molar refractivity (Wildman–Crippen MR) is 134 cm³/mol. The zero-order chi connectivity index (χ0) is 24.3. The van der Waals surface area contributed by atoms with E-state index in [0.717, 1.165) is 39.3 Å². The molecule has 0 aliphatic heterocycles. The fraction of sp³-hybridized carbons (Fsp3) is 0.407. The number of benzene rings is 2. The number of thiazole rings is 1. The summed E-state index contributed by atoms with van der Waals surface area (Å²) in [5.41, 5.74) is 2.78. The molecule has 1 aliphatic carbocycles. The molecule has 0 amide bonds. The first-order valence-corrected chi connectivity index (χ1v) is 12.5. The fourth-order valence-electron chi connectivity index (χ4n) is 4.84. The lowest BCUT2D eigenvalue weighted by molar-refractivity contribution is -0.144. The van der Waals surface area contributed by atoms with Crippen molar-refractivity contribution < 1.29 is 19.5 Å². The van der Waals surface area contributed by atoms with Gasteiger partial charge in [0.05, 0.1) is 21.6 Å². The van der Waals surface area contributed by atoms with Crippen LogP contribution >= 0.6 is 11.3 Å². The molecule has 1 aromatic heterocycles. The van der Waals surface area contributed by atoms with Crippen molar-refractivity contribution in [1.29, 1.82) is 0 Å². The summed E-state index contributed by atoms with van der Waals surface area (Å²) in [6, 6.07) is 13.4. The molecule has 0 saturated carbocycles. The minimum atomic E-state index is -0.941. The fourth-order valence-corrected chi connectivity index (χ4v) is 5.85. The van der Waals surface area contributed by atoms with Crippen molar-refractivity contribution in [2.24, 2.45) is 5.41 Å². The summed E-state index contributed by atoms with van der Waals surface area (Å²) < 4.78 is 0.939. The molecule has 3 aromatic rings. The Labute approximate surface area is 203 Å². The van der Waals surface area contributed by atoms with Gasteiger partial charge in [0.15, 0.2) is 5.78 Å². The number of carbonyl (C=O) groups excluding carboxylic acids is 2. The number of hydrogen-bond donors (Lipinski definition) is 1. The number of Topliss-reactive ketones (excluding diaryl/α,β-unsaturated/α-hetero) is 2. The maximum Gasteiger partial charge on any atom is 0.304 e. The molecule has 4 rings (SSSR count). The van der Waals surface area contributed by atoms with Crippen LogP contribution in [0, 0.1) is 5.41 Å². The molecule has 0 spiro atoms. The monoisotopic (exact) mass is 478 g/mol. The largest absolute Gasteiger partial charge is 0.481 e. The second-order valence-electron chi connectivity index (χ2n) is 9.52. The first-order chi connectivity index (χ1) is 16.3. The zero-order valence-corrected chi connectivity index (χ0v) is 20.5. The summed E-state index contributed by atoms with van der Waals surface area (Å²) in [5, 5.41) is 10.3. The number of rotatable bonds is 11. The highest BCUT2D eigenvalue weighted by molar-refractivity contribution is 7.18. The van der Waals surface area contributed by atoms with E-state index < -0.39 is 11.4 Å². The molecule has 1 heterocycles. The lowest BCUT2D eigenvalue weighted by atomic mass is 9.76. The molecule has 0 radical (unpaired) electrons. The second-order valence-corrected chi connectivity index (χ2v) is 10.6. The van der Waals surface area contributed by atoms with Crippen molar-refractivity contribution in [2.75, 3.05) is 20.6 Å². The average molecular weight is 479 g/mol. The molecule has 0 atom stereocenters. The quantitative estimate of drug-likeness (QED) is 0.406. The number of fused-ring (bicyclic) bond motifs is 2. The molecule has 0 fully saturated rings. The SMILES string of the molecule is CN(C)CCCC(=O)c1ccc2nc(CCC(=O)C3(CC(=O)O)Cc4ccccc4C3)sc2c1. The predicted octanol–water partition coefficient (Wildman–Crippen LogP) is 4.58. The van der Waals surface area contributed by atoms with E-state index in [-0.39, 0.29) is 24.4 Å². The van der Waals surface area contributed by atoms with E-state index in [0.29, 0.717) is 31.2 Å². The van der Waals surface area contributed by atoms with E-state index in [9.17, 15) is 19.5 Å². The Bertz CT molecular complexity index is 1210. The van der Waals surface area contributed by atoms with Crippen LogP contribution in [0.1, 0.15) is 52.2 Å². The number of aromatic nitrogens is 1. The van der Waals surface area contributed by atoms with Gasteiger partial charge in [-0.25, -0.2) is 4.98 Å². The average Bonchev–Trinajstić information content (AvgIpc) is 3.37. The number of ketones is 2. The van der Waals surface area contributed by atoms with E-state index in [1.165, 1.54) is 11.3 Å². The molecule has 178 valence electrons. The molecule has 1 N–H and O–H groups in total. The zero-order valence-electron chi connectivity index (χ0n) is 19.7. The minimum absolute atomic E-state index is 0.0119. The van der Waals surface area contributed by atoms with Crippen LogP contribution in [0.2, 0.25) is 0 Å². The van der Waals surface area contributed by atoms with Crippen LogP contribution in [0.15, 0.2) is 42.5 Å². The molecule has 6 nitrogen and oxygen atoms in total. The Morgan fingerprint density at radius 1 is 1.06 bits per heavy atom. The van der Waals surface area contributed by atoms with Crippen molar-refractivity contribution in [3.05, 3.63) is 64.2 Å². The number of aryl methyl sites for hydroxylation is 1. The van der Waals surface area contributed by atoms with Gasteiger partial charge in [0.1, 0.15) is 5.78 Å². The van der Waals surface area contributed by atoms with Crippen molar-refractivity contribution in [1.82, 2.24) is 9.88 Å². The molecular formula is C27H30N2O4S. The number of carboxylic acid groups (broad SMARTS) is 1. The van der Waals surface area contributed by atoms with Gasteiger partial charge in [0, 0.05) is 30.2 Å². The molecule has 0 saturated heterocycles. The summed E-state index contributed by atoms with van der Waals surface area (Å²) >= 11 is 1.50. The van der Waals surface area contributed by atoms with Gasteiger partial charge in [-0.1, -0.05) is 24.3 Å². The first kappa shape index (κ1) is 24.2. The molecule has 0 bridgehead atoms. The lowest BCUT2D eigenvalue weighted by Gasteiger charge is -2.25. The summed E-state index contributed by atoms with van der Waals surface area (Å²) in [6.45, 7) is 0.876. The summed E-state index contributed by atoms with van der Waals surface area (Å²) in [6.07, 6.45) is 2.87. The first-order valence-electron chi connectivity index (χ1n) is 11.6. The van der Waals surface area contributed by atoms with E-state index in [4.69, 9.17) is 0 Å². The van der Waals surface area contributed by atoms with Gasteiger partial charge < -0.3 is 10.0 Å². The normalized spacial score (nSPS) is 14.4. The molecule has 2 aromatic carbocycles. The highest BCUT2D eigenvalue weighted by Crippen LogP contribution is 2.41. The van der Waals surface area contributed by atoms with E-state index >= 15 is 0 Å². The topological polar surface area (TPSA) is 87.6 Å². The Morgan fingerprint density at radius 3 is 2.41 bits per heavy atom. The molecule has 34 heavy (non-hydrogen) atoms. The van der Waals surface area contributed by atoms with Crippen LogP contribution in [-0.4, -0.2) is 53.2 Å². The van der Waals surface area contributed by atoms with Crippen molar-refractivity contribution in [2.45, 2.75) is 44.9 Å². The van der Waals surface area contributed by atoms with Crippen LogP contribution < -0.4 is 0 Å². The second kappa shape index (κ2) is 10.2. The number of aliphatic carboxylic acids is 1. The Morgan fingerprint density at radius 2 is 1.76 bits per heavy atom. The Hall–Kier alpha value is -2.90. The summed E-state index contributed by atoms with van der Waals surface area (Å²) in [5.74, 6) is -0.823. The standard InChI is InChI=1S/C27H30N2O4S/c1-29(2)13-5-8-22(30)18-9-10-21-23(14-18)34-25(28-21)12-11-24(31)27(17-26(32)33)15-19-6-3-4-7-20(19)16-27/h3-4,6-7,9-10,14H,5,8,11-13,15-17H2,1-2H3,(H,32,33). The van der Waals surface area contributed by atoms with Crippen molar-refractivity contribution >= 4 is 39.1 Å². The van der Waals surface area contributed by atoms with Crippen LogP contribution in [0.25, 0.3) is 10.2 Å². The third-order valence-corrected chi connectivity index (χ3v) is 7.66. The van der Waals surface area contributed by atoms with E-state index in [2.05, 4.69) is 9.88 Å². The third kappa shape index (κ3) is 5.42. The number of nitrogens with zero attached hydrogens (tertiary/aromatic N) is 2. The highest BCUT2D eigenvalue weighted by atomic mass is 32.1. The molecule has 0 unspecified atom stereocenters. The van der Waals surface area contributed by atoms with Crippen molar-refractivity contribution in [3.63, 3.8) is 0 Å². The highest BCUT2D eigenvalue weighted by Gasteiger charge is 2.44. The van der Waals surface area contributed by atoms with Crippen LogP contribution in [0.3, 0.4) is 0 Å². The minimum Gasteiger partial charge on any atom is -0.481 e.